The van der Waals surface area contributed by atoms with E-state index in [9.17, 15) is 0 Å². The van der Waals surface area contributed by atoms with Crippen LogP contribution >= 0.6 is 12.2 Å². The molecule has 1 saturated heterocycles. The van der Waals surface area contributed by atoms with Crippen molar-refractivity contribution in [3.05, 3.63) is 0 Å². The summed E-state index contributed by atoms with van der Waals surface area (Å²) in [6.07, 6.45) is 10.9. The monoisotopic (exact) mass is 225 g/mol. The van der Waals surface area contributed by atoms with E-state index < -0.39 is 0 Å². The van der Waals surface area contributed by atoms with E-state index in [0.717, 1.165) is 18.4 Å². The fourth-order valence-corrected chi connectivity index (χ4v) is 3.72. The highest BCUT2D eigenvalue weighted by Gasteiger charge is 2.33. The minimum absolute atomic E-state index is 0.812. The Labute approximate surface area is 99.2 Å². The highest BCUT2D eigenvalue weighted by atomic mass is 32.1. The minimum Gasteiger partial charge on any atom is -0.363 e. The zero-order valence-corrected chi connectivity index (χ0v) is 10.7. The fourth-order valence-electron chi connectivity index (χ4n) is 3.29. The van der Waals surface area contributed by atoms with E-state index in [1.54, 1.807) is 0 Å². The summed E-state index contributed by atoms with van der Waals surface area (Å²) in [6.45, 7) is 3.47. The second kappa shape index (κ2) is 5.29. The molecule has 0 unspecified atom stereocenters. The van der Waals surface area contributed by atoms with Crippen LogP contribution in [-0.4, -0.2) is 22.5 Å². The van der Waals surface area contributed by atoms with E-state index in [-0.39, 0.29) is 0 Å². The standard InChI is InChI=1S/C13H23NS/c1-2-6-13(15)14-10-5-8-11-7-3-4-9-12(11)14/h11-12H,2-10H2,1H3/t11-,12-/m0/s1. The molecule has 2 fully saturated rings. The maximum Gasteiger partial charge on any atom is 0.0781 e. The third kappa shape index (κ3) is 2.52. The zero-order chi connectivity index (χ0) is 10.7. The van der Waals surface area contributed by atoms with Crippen LogP contribution in [0.15, 0.2) is 0 Å². The maximum absolute atomic E-state index is 5.57. The largest absolute Gasteiger partial charge is 0.363 e. The summed E-state index contributed by atoms with van der Waals surface area (Å²) in [5.41, 5.74) is 0. The Bertz CT molecular complexity index is 225. The van der Waals surface area contributed by atoms with Crippen molar-refractivity contribution in [3.63, 3.8) is 0 Å². The highest BCUT2D eigenvalue weighted by Crippen LogP contribution is 2.35. The molecule has 2 atom stereocenters. The first kappa shape index (κ1) is 11.4. The van der Waals surface area contributed by atoms with Gasteiger partial charge in [0, 0.05) is 12.6 Å². The number of hydrogen-bond donors (Lipinski definition) is 0. The van der Waals surface area contributed by atoms with E-state index in [0.29, 0.717) is 0 Å². The molecule has 0 bridgehead atoms. The van der Waals surface area contributed by atoms with Gasteiger partial charge in [0.05, 0.1) is 4.99 Å². The Balaban J connectivity index is 2.00. The lowest BCUT2D eigenvalue weighted by atomic mass is 9.78. The minimum atomic E-state index is 0.812. The molecule has 0 N–H and O–H groups in total. The number of fused-ring (bicyclic) bond motifs is 1. The van der Waals surface area contributed by atoms with Crippen molar-refractivity contribution in [1.29, 1.82) is 0 Å². The average Bonchev–Trinajstić information content (AvgIpc) is 2.28. The molecule has 0 aromatic carbocycles. The molecule has 1 aliphatic carbocycles. The predicted octanol–water partition coefficient (Wildman–Crippen LogP) is 3.77. The van der Waals surface area contributed by atoms with E-state index >= 15 is 0 Å². The number of rotatable bonds is 2. The van der Waals surface area contributed by atoms with Crippen molar-refractivity contribution < 1.29 is 0 Å². The number of thiocarbonyl (C=S) groups is 1. The first-order chi connectivity index (χ1) is 7.33. The number of nitrogens with zero attached hydrogens (tertiary/aromatic N) is 1. The van der Waals surface area contributed by atoms with Gasteiger partial charge in [0.1, 0.15) is 0 Å². The smallest absolute Gasteiger partial charge is 0.0781 e. The van der Waals surface area contributed by atoms with Crippen LogP contribution in [0.4, 0.5) is 0 Å². The molecular weight excluding hydrogens is 202 g/mol. The van der Waals surface area contributed by atoms with Gasteiger partial charge >= 0.3 is 0 Å². The van der Waals surface area contributed by atoms with Crippen molar-refractivity contribution in [2.24, 2.45) is 5.92 Å². The third-order valence-electron chi connectivity index (χ3n) is 4.03. The summed E-state index contributed by atoms with van der Waals surface area (Å²) in [6, 6.07) is 0.812. The fraction of sp³-hybridized carbons (Fsp3) is 0.923. The van der Waals surface area contributed by atoms with E-state index in [1.807, 2.05) is 0 Å². The summed E-state index contributed by atoms with van der Waals surface area (Å²) in [5, 5.41) is 0. The highest BCUT2D eigenvalue weighted by molar-refractivity contribution is 7.80. The van der Waals surface area contributed by atoms with Gasteiger partial charge in [0.2, 0.25) is 0 Å². The molecule has 15 heavy (non-hydrogen) atoms. The van der Waals surface area contributed by atoms with Gasteiger partial charge in [-0.3, -0.25) is 0 Å². The molecule has 1 saturated carbocycles. The Hall–Kier alpha value is -0.110. The molecule has 0 aromatic heterocycles. The molecule has 86 valence electrons. The SMILES string of the molecule is CCCC(=S)N1CCC[C@@H]2CCCC[C@@H]21. The summed E-state index contributed by atoms with van der Waals surface area (Å²) >= 11 is 5.57. The Morgan fingerprint density at radius 3 is 2.73 bits per heavy atom. The van der Waals surface area contributed by atoms with E-state index in [1.165, 1.54) is 56.5 Å². The van der Waals surface area contributed by atoms with Gasteiger partial charge < -0.3 is 4.90 Å². The lowest BCUT2D eigenvalue weighted by molar-refractivity contribution is 0.119. The van der Waals surface area contributed by atoms with Crippen molar-refractivity contribution >= 4 is 17.2 Å². The van der Waals surface area contributed by atoms with Gasteiger partial charge in [-0.1, -0.05) is 32.0 Å². The van der Waals surface area contributed by atoms with Crippen LogP contribution < -0.4 is 0 Å². The predicted molar refractivity (Wildman–Crippen MR) is 69.2 cm³/mol. The maximum atomic E-state index is 5.57. The third-order valence-corrected chi connectivity index (χ3v) is 4.47. The summed E-state index contributed by atoms with van der Waals surface area (Å²) in [7, 11) is 0. The lowest BCUT2D eigenvalue weighted by Crippen LogP contribution is -2.49. The van der Waals surface area contributed by atoms with Gasteiger partial charge in [-0.05, 0) is 44.4 Å². The van der Waals surface area contributed by atoms with Gasteiger partial charge in [-0.25, -0.2) is 0 Å². The first-order valence-electron chi connectivity index (χ1n) is 6.62. The molecule has 0 aromatic rings. The van der Waals surface area contributed by atoms with Crippen LogP contribution in [0.1, 0.15) is 58.3 Å². The molecule has 0 spiro atoms. The topological polar surface area (TPSA) is 3.24 Å². The summed E-state index contributed by atoms with van der Waals surface area (Å²) in [4.78, 5) is 3.82. The van der Waals surface area contributed by atoms with E-state index in [4.69, 9.17) is 12.2 Å². The first-order valence-corrected chi connectivity index (χ1v) is 7.03. The Kier molecular flexibility index (Phi) is 4.01. The molecule has 1 aliphatic heterocycles. The van der Waals surface area contributed by atoms with Gasteiger partial charge in [0.25, 0.3) is 0 Å². The Morgan fingerprint density at radius 2 is 1.93 bits per heavy atom. The number of piperidine rings is 1. The van der Waals surface area contributed by atoms with Crippen LogP contribution in [-0.2, 0) is 0 Å². The van der Waals surface area contributed by atoms with Crippen molar-refractivity contribution in [2.45, 2.75) is 64.3 Å². The molecule has 1 nitrogen and oxygen atoms in total. The van der Waals surface area contributed by atoms with Gasteiger partial charge in [-0.2, -0.15) is 0 Å². The van der Waals surface area contributed by atoms with E-state index in [2.05, 4.69) is 11.8 Å². The number of likely N-dealkylation sites (tertiary alicyclic amines) is 1. The molecule has 1 heterocycles. The molecular formula is C13H23NS. The molecule has 2 rings (SSSR count). The van der Waals surface area contributed by atoms with Crippen LogP contribution in [0.3, 0.4) is 0 Å². The molecule has 2 aliphatic rings. The van der Waals surface area contributed by atoms with Gasteiger partial charge in [-0.15, -0.1) is 0 Å². The van der Waals surface area contributed by atoms with Crippen LogP contribution in [0.2, 0.25) is 0 Å². The van der Waals surface area contributed by atoms with Crippen LogP contribution in [0, 0.1) is 5.92 Å². The zero-order valence-electron chi connectivity index (χ0n) is 9.87. The van der Waals surface area contributed by atoms with Crippen molar-refractivity contribution in [2.75, 3.05) is 6.54 Å². The lowest BCUT2D eigenvalue weighted by Gasteiger charge is -2.45. The second-order valence-electron chi connectivity index (χ2n) is 5.09. The van der Waals surface area contributed by atoms with Crippen LogP contribution in [0.25, 0.3) is 0 Å². The quantitative estimate of drug-likeness (QED) is 0.658. The van der Waals surface area contributed by atoms with Crippen LogP contribution in [0.5, 0.6) is 0 Å². The second-order valence-corrected chi connectivity index (χ2v) is 5.56. The summed E-state index contributed by atoms with van der Waals surface area (Å²) in [5.74, 6) is 0.960. The van der Waals surface area contributed by atoms with Crippen molar-refractivity contribution in [1.82, 2.24) is 4.90 Å². The molecule has 0 amide bonds. The molecule has 0 radical (unpaired) electrons. The van der Waals surface area contributed by atoms with Gasteiger partial charge in [0.15, 0.2) is 0 Å². The normalized spacial score (nSPS) is 31.1. The van der Waals surface area contributed by atoms with Crippen molar-refractivity contribution in [3.8, 4) is 0 Å². The summed E-state index contributed by atoms with van der Waals surface area (Å²) < 4.78 is 0. The Morgan fingerprint density at radius 1 is 1.20 bits per heavy atom. The molecule has 2 heteroatoms. The average molecular weight is 225 g/mol. The number of hydrogen-bond acceptors (Lipinski definition) is 1.